The molecule has 2 aromatic rings. The summed E-state index contributed by atoms with van der Waals surface area (Å²) in [6, 6.07) is 10.6. The Bertz CT molecular complexity index is 683. The van der Waals surface area contributed by atoms with Crippen molar-refractivity contribution in [1.29, 1.82) is 0 Å². The summed E-state index contributed by atoms with van der Waals surface area (Å²) < 4.78 is 28.3. The number of hydrogen-bond donors (Lipinski definition) is 2. The summed E-state index contributed by atoms with van der Waals surface area (Å²) in [4.78, 5) is 1.05. The minimum Gasteiger partial charge on any atom is -0.319 e. The molecule has 0 bridgehead atoms. The Kier molecular flexibility index (Phi) is 5.20. The summed E-state index contributed by atoms with van der Waals surface area (Å²) in [6.45, 7) is 0.832. The first kappa shape index (κ1) is 15.5. The van der Waals surface area contributed by atoms with Crippen molar-refractivity contribution in [3.05, 3.63) is 45.7 Å². The van der Waals surface area contributed by atoms with E-state index in [1.165, 1.54) is 11.3 Å². The highest BCUT2D eigenvalue weighted by atomic mass is 79.9. The Labute approximate surface area is 131 Å². The number of hydrogen-bond acceptors (Lipinski definition) is 4. The first-order valence-corrected chi connectivity index (χ1v) is 9.12. The zero-order valence-electron chi connectivity index (χ0n) is 10.9. The summed E-state index contributed by atoms with van der Waals surface area (Å²) in [7, 11) is -1.63. The number of benzene rings is 1. The lowest BCUT2D eigenvalue weighted by Crippen LogP contribution is -2.11. The van der Waals surface area contributed by atoms with Crippen LogP contribution < -0.4 is 10.0 Å². The lowest BCUT2D eigenvalue weighted by atomic mass is 10.3. The summed E-state index contributed by atoms with van der Waals surface area (Å²) in [6.07, 6.45) is 0.827. The fraction of sp³-hybridized carbons (Fsp3) is 0.231. The van der Waals surface area contributed by atoms with Crippen molar-refractivity contribution in [2.45, 2.75) is 10.6 Å². The number of anilines is 1. The molecule has 0 aliphatic rings. The van der Waals surface area contributed by atoms with Crippen LogP contribution >= 0.6 is 27.3 Å². The normalized spacial score (nSPS) is 11.5. The van der Waals surface area contributed by atoms with Crippen LogP contribution in [0, 0.1) is 0 Å². The van der Waals surface area contributed by atoms with E-state index in [9.17, 15) is 8.42 Å². The lowest BCUT2D eigenvalue weighted by Gasteiger charge is -2.06. The Hall–Kier alpha value is -0.890. The van der Waals surface area contributed by atoms with E-state index >= 15 is 0 Å². The van der Waals surface area contributed by atoms with Gasteiger partial charge in [0.15, 0.2) is 0 Å². The molecule has 2 rings (SSSR count). The molecule has 0 fully saturated rings. The van der Waals surface area contributed by atoms with Crippen molar-refractivity contribution in [1.82, 2.24) is 5.32 Å². The van der Waals surface area contributed by atoms with Gasteiger partial charge in [0.05, 0.1) is 0 Å². The van der Waals surface area contributed by atoms with E-state index in [1.807, 2.05) is 19.2 Å². The van der Waals surface area contributed by atoms with Gasteiger partial charge in [-0.05, 0) is 50.3 Å². The van der Waals surface area contributed by atoms with E-state index < -0.39 is 10.0 Å². The highest BCUT2D eigenvalue weighted by Crippen LogP contribution is 2.25. The number of likely N-dealkylation sites (N-methyl/N-ethyl adjacent to an activating group) is 1. The lowest BCUT2D eigenvalue weighted by molar-refractivity contribution is 0.603. The number of nitrogens with one attached hydrogen (secondary N) is 2. The molecule has 0 saturated heterocycles. The van der Waals surface area contributed by atoms with Crippen LogP contribution in [-0.2, 0) is 16.4 Å². The largest absolute Gasteiger partial charge is 0.319 e. The second-order valence-corrected chi connectivity index (χ2v) is 8.18. The van der Waals surface area contributed by atoms with Gasteiger partial charge in [0, 0.05) is 15.0 Å². The molecule has 0 radical (unpaired) electrons. The van der Waals surface area contributed by atoms with E-state index in [-0.39, 0.29) is 0 Å². The molecule has 0 saturated carbocycles. The Morgan fingerprint density at radius 3 is 2.75 bits per heavy atom. The van der Waals surface area contributed by atoms with Crippen LogP contribution in [-0.4, -0.2) is 22.0 Å². The fourth-order valence-corrected chi connectivity index (χ4v) is 4.45. The molecule has 0 atom stereocenters. The van der Waals surface area contributed by atoms with Gasteiger partial charge in [-0.1, -0.05) is 22.0 Å². The van der Waals surface area contributed by atoms with Gasteiger partial charge >= 0.3 is 0 Å². The van der Waals surface area contributed by atoms with E-state index in [1.54, 1.807) is 24.3 Å². The van der Waals surface area contributed by atoms with Gasteiger partial charge in [0.1, 0.15) is 4.21 Å². The molecule has 108 valence electrons. The topological polar surface area (TPSA) is 58.2 Å². The average Bonchev–Trinajstić information content (AvgIpc) is 2.85. The van der Waals surface area contributed by atoms with Gasteiger partial charge in [0.2, 0.25) is 0 Å². The molecule has 7 heteroatoms. The molecule has 4 nitrogen and oxygen atoms in total. The highest BCUT2D eigenvalue weighted by Gasteiger charge is 2.16. The third-order valence-corrected chi connectivity index (χ3v) is 6.11. The number of sulfonamides is 1. The minimum absolute atomic E-state index is 0.337. The highest BCUT2D eigenvalue weighted by molar-refractivity contribution is 9.10. The van der Waals surface area contributed by atoms with Crippen molar-refractivity contribution in [3.63, 3.8) is 0 Å². The number of halogens is 1. The maximum atomic E-state index is 12.3. The van der Waals surface area contributed by atoms with Crippen molar-refractivity contribution in [2.24, 2.45) is 0 Å². The predicted octanol–water partition coefficient (Wildman–Crippen LogP) is 3.07. The third-order valence-electron chi connectivity index (χ3n) is 2.60. The zero-order chi connectivity index (χ0) is 14.6. The van der Waals surface area contributed by atoms with Crippen LogP contribution in [0.2, 0.25) is 0 Å². The van der Waals surface area contributed by atoms with E-state index in [4.69, 9.17) is 0 Å². The van der Waals surface area contributed by atoms with Gasteiger partial charge < -0.3 is 5.32 Å². The molecule has 1 aromatic carbocycles. The maximum absolute atomic E-state index is 12.3. The van der Waals surface area contributed by atoms with Gasteiger partial charge in [-0.3, -0.25) is 4.72 Å². The maximum Gasteiger partial charge on any atom is 0.271 e. The van der Waals surface area contributed by atoms with Crippen LogP contribution in [0.3, 0.4) is 0 Å². The molecular weight excluding hydrogens is 360 g/mol. The van der Waals surface area contributed by atoms with Crippen LogP contribution in [0.1, 0.15) is 4.88 Å². The van der Waals surface area contributed by atoms with Gasteiger partial charge in [-0.15, -0.1) is 11.3 Å². The smallest absolute Gasteiger partial charge is 0.271 e. The van der Waals surface area contributed by atoms with Gasteiger partial charge in [-0.2, -0.15) is 0 Å². The summed E-state index contributed by atoms with van der Waals surface area (Å²) in [5.74, 6) is 0. The Morgan fingerprint density at radius 1 is 1.25 bits per heavy atom. The SMILES string of the molecule is CNCCc1ccc(S(=O)(=O)Nc2cccc(Br)c2)s1. The van der Waals surface area contributed by atoms with Crippen molar-refractivity contribution in [2.75, 3.05) is 18.3 Å². The van der Waals surface area contributed by atoms with Gasteiger partial charge in [0.25, 0.3) is 10.0 Å². The Morgan fingerprint density at radius 2 is 2.05 bits per heavy atom. The van der Waals surface area contributed by atoms with Gasteiger partial charge in [-0.25, -0.2) is 8.42 Å². The van der Waals surface area contributed by atoms with Crippen LogP contribution in [0.25, 0.3) is 0 Å². The molecule has 0 aliphatic carbocycles. The first-order chi connectivity index (χ1) is 9.51. The molecule has 2 N–H and O–H groups in total. The summed E-state index contributed by atoms with van der Waals surface area (Å²) in [5, 5.41) is 3.05. The van der Waals surface area contributed by atoms with E-state index in [0.29, 0.717) is 9.90 Å². The van der Waals surface area contributed by atoms with Crippen LogP contribution in [0.15, 0.2) is 45.1 Å². The average molecular weight is 375 g/mol. The minimum atomic E-state index is -3.51. The van der Waals surface area contributed by atoms with E-state index in [0.717, 1.165) is 22.3 Å². The molecule has 20 heavy (non-hydrogen) atoms. The number of thiophene rings is 1. The molecule has 0 unspecified atom stereocenters. The number of rotatable bonds is 6. The quantitative estimate of drug-likeness (QED) is 0.816. The molecule has 1 aromatic heterocycles. The fourth-order valence-electron chi connectivity index (χ4n) is 1.64. The molecule has 0 spiro atoms. The standard InChI is InChI=1S/C13H15BrN2O2S2/c1-15-8-7-12-5-6-13(19-12)20(17,18)16-11-4-2-3-10(14)9-11/h2-6,9,15-16H,7-8H2,1H3. The summed E-state index contributed by atoms with van der Waals surface area (Å²) in [5.41, 5.74) is 0.546. The second-order valence-electron chi connectivity index (χ2n) is 4.19. The molecule has 0 aliphatic heterocycles. The molecular formula is C13H15BrN2O2S2. The van der Waals surface area contributed by atoms with Crippen molar-refractivity contribution < 1.29 is 8.42 Å². The zero-order valence-corrected chi connectivity index (χ0v) is 14.1. The van der Waals surface area contributed by atoms with Crippen molar-refractivity contribution in [3.8, 4) is 0 Å². The summed E-state index contributed by atoms with van der Waals surface area (Å²) >= 11 is 4.62. The second kappa shape index (κ2) is 6.71. The van der Waals surface area contributed by atoms with Crippen LogP contribution in [0.5, 0.6) is 0 Å². The van der Waals surface area contributed by atoms with Crippen molar-refractivity contribution >= 4 is 43.0 Å². The first-order valence-electron chi connectivity index (χ1n) is 6.03. The predicted molar refractivity (Wildman–Crippen MR) is 86.9 cm³/mol. The van der Waals surface area contributed by atoms with Crippen LogP contribution in [0.4, 0.5) is 5.69 Å². The monoisotopic (exact) mass is 374 g/mol. The Balaban J connectivity index is 2.16. The molecule has 1 heterocycles. The third kappa shape index (κ3) is 4.05. The molecule has 0 amide bonds. The van der Waals surface area contributed by atoms with E-state index in [2.05, 4.69) is 26.0 Å².